The zero-order chi connectivity index (χ0) is 10.1. The molecule has 0 radical (unpaired) electrons. The maximum Gasteiger partial charge on any atom is 0.252 e. The first-order chi connectivity index (χ1) is 6.72. The van der Waals surface area contributed by atoms with Crippen molar-refractivity contribution in [2.24, 2.45) is 0 Å². The summed E-state index contributed by atoms with van der Waals surface area (Å²) in [6, 6.07) is 3.03. The molecule has 14 heavy (non-hydrogen) atoms. The number of ether oxygens (including phenoxy) is 1. The second kappa shape index (κ2) is 3.34. The topological polar surface area (TPSA) is 62.2 Å². The first-order valence-corrected chi connectivity index (χ1v) is 4.42. The van der Waals surface area contributed by atoms with Gasteiger partial charge in [0.15, 0.2) is 0 Å². The van der Waals surface area contributed by atoms with E-state index in [9.17, 15) is 5.21 Å². The van der Waals surface area contributed by atoms with Gasteiger partial charge in [0.25, 0.3) is 5.52 Å². The molecule has 1 heterocycles. The lowest BCUT2D eigenvalue weighted by Crippen LogP contribution is -2.22. The smallest absolute Gasteiger partial charge is 0.252 e. The molecule has 0 fully saturated rings. The van der Waals surface area contributed by atoms with Crippen LogP contribution in [0, 0.1) is 5.21 Å². The van der Waals surface area contributed by atoms with Gasteiger partial charge in [0, 0.05) is 17.3 Å². The number of hydrogen-bond acceptors (Lipinski definition) is 4. The highest BCUT2D eigenvalue weighted by Crippen LogP contribution is 2.27. The molecule has 1 aromatic carbocycles. The lowest BCUT2D eigenvalue weighted by molar-refractivity contribution is -0.782. The molecular weight excluding hydrogens is 208 g/mol. The average Bonchev–Trinajstić information content (AvgIpc) is 2.50. The Balaban J connectivity index is 2.60. The molecule has 5 nitrogen and oxygen atoms in total. The summed E-state index contributed by atoms with van der Waals surface area (Å²) in [5.41, 5.74) is 0.714. The molecule has 0 saturated heterocycles. The molecule has 0 saturated carbocycles. The molecule has 0 bridgehead atoms. The van der Waals surface area contributed by atoms with Crippen LogP contribution in [0.15, 0.2) is 16.8 Å². The van der Waals surface area contributed by atoms with Crippen LogP contribution in [0.5, 0.6) is 5.75 Å². The first kappa shape index (κ1) is 9.08. The predicted octanol–water partition coefficient (Wildman–Crippen LogP) is 1.51. The van der Waals surface area contributed by atoms with Crippen LogP contribution in [0.4, 0.5) is 0 Å². The summed E-state index contributed by atoms with van der Waals surface area (Å²) < 4.78 is 9.63. The quantitative estimate of drug-likeness (QED) is 0.711. The van der Waals surface area contributed by atoms with Gasteiger partial charge in [-0.3, -0.25) is 4.63 Å². The van der Waals surface area contributed by atoms with Crippen molar-refractivity contribution in [2.45, 2.75) is 6.92 Å². The number of rotatable bonds is 2. The summed E-state index contributed by atoms with van der Waals surface area (Å²) in [5, 5.41) is 14.9. The highest BCUT2D eigenvalue weighted by Gasteiger charge is 2.13. The predicted molar refractivity (Wildman–Crippen MR) is 49.1 cm³/mol. The SMILES string of the molecule is CCOc1cc2no[n+]([O-])c2cc1Cl. The maximum atomic E-state index is 11.0. The highest BCUT2D eigenvalue weighted by atomic mass is 35.5. The Kier molecular flexibility index (Phi) is 2.17. The summed E-state index contributed by atoms with van der Waals surface area (Å²) in [5.74, 6) is 0.496. The monoisotopic (exact) mass is 214 g/mol. The van der Waals surface area contributed by atoms with E-state index in [4.69, 9.17) is 16.3 Å². The molecule has 0 N–H and O–H groups in total. The van der Waals surface area contributed by atoms with E-state index >= 15 is 0 Å². The Morgan fingerprint density at radius 2 is 2.43 bits per heavy atom. The normalized spacial score (nSPS) is 10.7. The number of nitrogens with zero attached hydrogens (tertiary/aromatic N) is 2. The van der Waals surface area contributed by atoms with E-state index in [1.54, 1.807) is 6.07 Å². The molecule has 0 unspecified atom stereocenters. The van der Waals surface area contributed by atoms with Crippen LogP contribution in [-0.2, 0) is 0 Å². The number of aromatic nitrogens is 2. The van der Waals surface area contributed by atoms with Gasteiger partial charge in [-0.25, -0.2) is 0 Å². The van der Waals surface area contributed by atoms with E-state index in [-0.39, 0.29) is 0 Å². The summed E-state index contributed by atoms with van der Waals surface area (Å²) in [6.45, 7) is 2.34. The van der Waals surface area contributed by atoms with Crippen molar-refractivity contribution in [1.82, 2.24) is 5.16 Å². The Morgan fingerprint density at radius 1 is 1.64 bits per heavy atom. The van der Waals surface area contributed by atoms with Crippen molar-refractivity contribution in [1.29, 1.82) is 0 Å². The van der Waals surface area contributed by atoms with Crippen LogP contribution in [-0.4, -0.2) is 11.8 Å². The van der Waals surface area contributed by atoms with Crippen LogP contribution >= 0.6 is 11.6 Å². The number of hydrogen-bond donors (Lipinski definition) is 0. The van der Waals surface area contributed by atoms with Gasteiger partial charge in [-0.2, -0.15) is 0 Å². The Hall–Kier alpha value is -1.49. The molecule has 2 rings (SSSR count). The lowest BCUT2D eigenvalue weighted by atomic mass is 10.3. The third kappa shape index (κ3) is 1.35. The molecule has 0 spiro atoms. The van der Waals surface area contributed by atoms with E-state index in [2.05, 4.69) is 9.79 Å². The fourth-order valence-corrected chi connectivity index (χ4v) is 1.36. The number of benzene rings is 1. The van der Waals surface area contributed by atoms with Gasteiger partial charge >= 0.3 is 0 Å². The van der Waals surface area contributed by atoms with E-state index in [1.807, 2.05) is 6.92 Å². The van der Waals surface area contributed by atoms with Gasteiger partial charge in [-0.1, -0.05) is 11.6 Å². The van der Waals surface area contributed by atoms with E-state index < -0.39 is 0 Å². The van der Waals surface area contributed by atoms with Gasteiger partial charge in [0.1, 0.15) is 5.75 Å². The third-order valence-electron chi connectivity index (χ3n) is 1.74. The zero-order valence-electron chi connectivity index (χ0n) is 7.36. The molecule has 6 heteroatoms. The van der Waals surface area contributed by atoms with Crippen molar-refractivity contribution in [2.75, 3.05) is 6.61 Å². The molecule has 0 aliphatic carbocycles. The van der Waals surface area contributed by atoms with Crippen LogP contribution in [0.3, 0.4) is 0 Å². The summed E-state index contributed by atoms with van der Waals surface area (Å²) in [7, 11) is 0. The molecule has 74 valence electrons. The van der Waals surface area contributed by atoms with Crippen LogP contribution in [0.2, 0.25) is 5.02 Å². The molecule has 0 amide bonds. The molecule has 0 atom stereocenters. The van der Waals surface area contributed by atoms with Gasteiger partial charge < -0.3 is 9.94 Å². The Bertz CT molecular complexity index is 469. The standard InChI is InChI=1S/C8H7ClN2O3/c1-2-13-8-4-6-7(3-5(8)9)11(12)14-10-6/h3-4H,2H2,1H3. The summed E-state index contributed by atoms with van der Waals surface area (Å²) in [4.78, 5) is 0.303. The summed E-state index contributed by atoms with van der Waals surface area (Å²) >= 11 is 5.86. The molecule has 1 aromatic heterocycles. The Morgan fingerprint density at radius 3 is 3.14 bits per heavy atom. The maximum absolute atomic E-state index is 11.0. The highest BCUT2D eigenvalue weighted by molar-refractivity contribution is 6.32. The molecule has 2 aromatic rings. The van der Waals surface area contributed by atoms with Crippen molar-refractivity contribution < 1.29 is 14.3 Å². The van der Waals surface area contributed by atoms with E-state index in [0.29, 0.717) is 33.3 Å². The molecular formula is C8H7ClN2O3. The minimum absolute atomic E-state index is 0.290. The minimum atomic E-state index is 0.290. The fraction of sp³-hybridized carbons (Fsp3) is 0.250. The van der Waals surface area contributed by atoms with E-state index in [0.717, 1.165) is 0 Å². The van der Waals surface area contributed by atoms with Crippen LogP contribution < -0.4 is 9.64 Å². The molecule has 0 aliphatic heterocycles. The largest absolute Gasteiger partial charge is 0.492 e. The number of halogens is 1. The first-order valence-electron chi connectivity index (χ1n) is 4.04. The average molecular weight is 215 g/mol. The van der Waals surface area contributed by atoms with Crippen LogP contribution in [0.25, 0.3) is 11.0 Å². The molecule has 0 aliphatic rings. The second-order valence-electron chi connectivity index (χ2n) is 2.63. The second-order valence-corrected chi connectivity index (χ2v) is 3.04. The van der Waals surface area contributed by atoms with Gasteiger partial charge in [-0.15, -0.1) is 0 Å². The third-order valence-corrected chi connectivity index (χ3v) is 2.03. The summed E-state index contributed by atoms with van der Waals surface area (Å²) in [6.07, 6.45) is 0. The van der Waals surface area contributed by atoms with Gasteiger partial charge in [-0.05, 0) is 11.8 Å². The van der Waals surface area contributed by atoms with Gasteiger partial charge in [0.2, 0.25) is 5.52 Å². The van der Waals surface area contributed by atoms with Crippen molar-refractivity contribution in [3.8, 4) is 5.75 Å². The zero-order valence-corrected chi connectivity index (χ0v) is 8.11. The minimum Gasteiger partial charge on any atom is -0.492 e. The lowest BCUT2D eigenvalue weighted by Gasteiger charge is -2.02. The Labute approximate surface area is 84.4 Å². The van der Waals surface area contributed by atoms with E-state index in [1.165, 1.54) is 6.07 Å². The van der Waals surface area contributed by atoms with Crippen molar-refractivity contribution in [3.63, 3.8) is 0 Å². The van der Waals surface area contributed by atoms with Crippen molar-refractivity contribution in [3.05, 3.63) is 22.4 Å². The van der Waals surface area contributed by atoms with Gasteiger partial charge in [0.05, 0.1) is 11.6 Å². The van der Waals surface area contributed by atoms with Crippen LogP contribution in [0.1, 0.15) is 6.92 Å². The fourth-order valence-electron chi connectivity index (χ4n) is 1.14. The number of fused-ring (bicyclic) bond motifs is 1. The van der Waals surface area contributed by atoms with Crippen molar-refractivity contribution >= 4 is 22.6 Å².